The number of rotatable bonds is 2. The minimum atomic E-state index is -2.23. The van der Waals surface area contributed by atoms with E-state index in [9.17, 15) is 11.3 Å². The van der Waals surface area contributed by atoms with Crippen LogP contribution in [-0.4, -0.2) is 22.4 Å². The summed E-state index contributed by atoms with van der Waals surface area (Å²) in [4.78, 5) is 15.9. The van der Waals surface area contributed by atoms with E-state index in [1.807, 2.05) is 6.92 Å². The first kappa shape index (κ1) is 12.8. The van der Waals surface area contributed by atoms with Crippen LogP contribution in [0, 0.1) is 41.4 Å². The molecule has 1 N–H and O–H groups in total. The number of fused-ring (bicyclic) bond motifs is 5. The van der Waals surface area contributed by atoms with Gasteiger partial charge in [0.1, 0.15) is 5.60 Å². The Bertz CT molecular complexity index is 987. The summed E-state index contributed by atoms with van der Waals surface area (Å²) in [5, 5.41) is 14.9. The number of aliphatic hydroxyl groups is 1. The van der Waals surface area contributed by atoms with Crippen molar-refractivity contribution in [1.82, 2.24) is 0 Å². The smallest absolute Gasteiger partial charge is 0.331 e. The molecule has 4 heteroatoms. The molecule has 0 aromatic rings. The number of oxime groups is 1. The van der Waals surface area contributed by atoms with Crippen LogP contribution < -0.4 is 0 Å². The van der Waals surface area contributed by atoms with Gasteiger partial charge in [-0.3, -0.25) is 0 Å². The minimum Gasteiger partial charge on any atom is -0.377 e. The van der Waals surface area contributed by atoms with Crippen molar-refractivity contribution in [2.24, 2.45) is 34.2 Å². The fraction of sp³-hybridized carbons (Fsp3) is 0.739. The van der Waals surface area contributed by atoms with Gasteiger partial charge < -0.3 is 9.94 Å². The number of allylic oxidation sites excluding steroid dienone is 2. The van der Waals surface area contributed by atoms with Crippen LogP contribution >= 0.6 is 0 Å². The van der Waals surface area contributed by atoms with Gasteiger partial charge in [-0.1, -0.05) is 23.6 Å². The maximum atomic E-state index is 11.3. The summed E-state index contributed by atoms with van der Waals surface area (Å²) in [5.41, 5.74) is -2.33. The second-order valence-electron chi connectivity index (χ2n) is 8.25. The Balaban J connectivity index is 1.85. The van der Waals surface area contributed by atoms with Gasteiger partial charge in [0, 0.05) is 19.2 Å². The number of nitrogens with zero attached hydrogens (tertiary/aromatic N) is 1. The molecule has 4 aliphatic rings. The second kappa shape index (κ2) is 6.78. The molecule has 0 saturated heterocycles. The van der Waals surface area contributed by atoms with Crippen molar-refractivity contribution in [3.8, 4) is 12.3 Å². The lowest BCUT2D eigenvalue weighted by atomic mass is 9.49. The Hall–Kier alpha value is -1.60. The lowest BCUT2D eigenvalue weighted by Crippen LogP contribution is -2.53. The lowest BCUT2D eigenvalue weighted by Gasteiger charge is -2.56. The van der Waals surface area contributed by atoms with Crippen LogP contribution in [0.3, 0.4) is 0 Å². The molecule has 3 saturated carbocycles. The topological polar surface area (TPSA) is 58.9 Å². The average Bonchev–Trinajstić information content (AvgIpc) is 2.99. The molecule has 146 valence electrons. The fourth-order valence-corrected chi connectivity index (χ4v) is 6.15. The molecule has 4 rings (SSSR count). The number of terminal acetylenes is 1. The summed E-state index contributed by atoms with van der Waals surface area (Å²) in [6, 6.07) is -0.482. The molecule has 6 atom stereocenters. The SMILES string of the molecule is [2H]C1=C2C([2H])([2H])CC3C4CC[C@@](O)(C#C)[C@@]4(CC)CCC3[C@@]2([2H])CC([2H])([2H])C1=NOC(C)=O. The Morgan fingerprint density at radius 3 is 2.96 bits per heavy atom. The minimum absolute atomic E-state index is 0.0719. The number of hydrogen-bond acceptors (Lipinski definition) is 4. The zero-order valence-electron chi connectivity index (χ0n) is 22.0. The molecule has 3 unspecified atom stereocenters. The standard InChI is InChI=1S/C23H31NO3/c1-4-22-12-10-19-18-9-7-17(24-27-15(3)25)14-16(18)6-8-20(19)21(22)11-13-23(22,26)5-2/h2,14,18-21,26H,4,6-13H2,1,3H3/t18-,19?,20?,21?,22-,23-/m0/s1/i6D2,7D2,14D,18D. The van der Waals surface area contributed by atoms with Gasteiger partial charge in [-0.15, -0.1) is 6.42 Å². The van der Waals surface area contributed by atoms with Crippen LogP contribution in [-0.2, 0) is 9.63 Å². The number of hydrogen-bond donors (Lipinski definition) is 1. The van der Waals surface area contributed by atoms with Crippen LogP contribution in [0.5, 0.6) is 0 Å². The molecule has 0 amide bonds. The Kier molecular flexibility index (Phi) is 3.21. The van der Waals surface area contributed by atoms with E-state index >= 15 is 0 Å². The van der Waals surface area contributed by atoms with Crippen molar-refractivity contribution in [2.45, 2.75) is 77.1 Å². The highest BCUT2D eigenvalue weighted by Gasteiger charge is 2.63. The highest BCUT2D eigenvalue weighted by molar-refractivity contribution is 5.96. The average molecular weight is 376 g/mol. The predicted molar refractivity (Wildman–Crippen MR) is 105 cm³/mol. The van der Waals surface area contributed by atoms with E-state index in [0.29, 0.717) is 32.1 Å². The normalized spacial score (nSPS) is 54.6. The van der Waals surface area contributed by atoms with E-state index in [4.69, 9.17) is 13.3 Å². The summed E-state index contributed by atoms with van der Waals surface area (Å²) >= 11 is 0. The molecular weight excluding hydrogens is 338 g/mol. The molecule has 0 bridgehead atoms. The molecule has 4 aliphatic carbocycles. The Morgan fingerprint density at radius 2 is 2.26 bits per heavy atom. The molecule has 3 fully saturated rings. The highest BCUT2D eigenvalue weighted by atomic mass is 16.7. The van der Waals surface area contributed by atoms with E-state index in [1.54, 1.807) is 0 Å². The van der Waals surface area contributed by atoms with Crippen molar-refractivity contribution >= 4 is 11.7 Å². The monoisotopic (exact) mass is 375 g/mol. The van der Waals surface area contributed by atoms with E-state index in [2.05, 4.69) is 15.9 Å². The zero-order valence-corrected chi connectivity index (χ0v) is 16.0. The van der Waals surface area contributed by atoms with Gasteiger partial charge in [-0.25, -0.2) is 4.79 Å². The third-order valence-corrected chi connectivity index (χ3v) is 7.39. The molecule has 0 aromatic heterocycles. The summed E-state index contributed by atoms with van der Waals surface area (Å²) in [7, 11) is 0. The first-order valence-corrected chi connectivity index (χ1v) is 9.87. The van der Waals surface area contributed by atoms with Gasteiger partial charge >= 0.3 is 5.97 Å². The van der Waals surface area contributed by atoms with Gasteiger partial charge in [0.2, 0.25) is 0 Å². The Morgan fingerprint density at radius 1 is 1.44 bits per heavy atom. The molecule has 0 heterocycles. The molecule has 0 radical (unpaired) electrons. The zero-order chi connectivity index (χ0) is 24.6. The molecule has 4 nitrogen and oxygen atoms in total. The summed E-state index contributed by atoms with van der Waals surface area (Å²) < 4.78 is 52.9. The third-order valence-electron chi connectivity index (χ3n) is 7.39. The summed E-state index contributed by atoms with van der Waals surface area (Å²) in [6.07, 6.45) is 4.01. The van der Waals surface area contributed by atoms with Crippen LogP contribution in [0.1, 0.15) is 79.8 Å². The van der Waals surface area contributed by atoms with Crippen LogP contribution in [0.15, 0.2) is 16.8 Å². The lowest BCUT2D eigenvalue weighted by molar-refractivity contribution is -0.140. The van der Waals surface area contributed by atoms with Crippen LogP contribution in [0.25, 0.3) is 0 Å². The second-order valence-corrected chi connectivity index (χ2v) is 8.25. The largest absolute Gasteiger partial charge is 0.377 e. The fourth-order valence-electron chi connectivity index (χ4n) is 6.15. The first-order chi connectivity index (χ1) is 15.2. The maximum Gasteiger partial charge on any atom is 0.331 e. The van der Waals surface area contributed by atoms with Gasteiger partial charge in [0.15, 0.2) is 0 Å². The molecule has 27 heavy (non-hydrogen) atoms. The quantitative estimate of drug-likeness (QED) is 0.446. The summed E-state index contributed by atoms with van der Waals surface area (Å²) in [5.74, 6) is -0.484. The van der Waals surface area contributed by atoms with Gasteiger partial charge in [-0.2, -0.15) is 0 Å². The van der Waals surface area contributed by atoms with Crippen LogP contribution in [0.4, 0.5) is 0 Å². The van der Waals surface area contributed by atoms with Crippen molar-refractivity contribution in [3.05, 3.63) is 11.6 Å². The van der Waals surface area contributed by atoms with Crippen molar-refractivity contribution < 1.29 is 23.0 Å². The van der Waals surface area contributed by atoms with E-state index < -0.39 is 47.4 Å². The molecular formula is C23H31NO3. The molecule has 0 aromatic carbocycles. The van der Waals surface area contributed by atoms with E-state index in [0.717, 1.165) is 6.92 Å². The predicted octanol–water partition coefficient (Wildman–Crippen LogP) is 4.23. The first-order valence-electron chi connectivity index (χ1n) is 12.9. The van der Waals surface area contributed by atoms with Crippen molar-refractivity contribution in [2.75, 3.05) is 0 Å². The van der Waals surface area contributed by atoms with Crippen molar-refractivity contribution in [1.29, 1.82) is 0 Å². The van der Waals surface area contributed by atoms with E-state index in [-0.39, 0.29) is 36.2 Å². The summed E-state index contributed by atoms with van der Waals surface area (Å²) in [6.45, 7) is 3.11. The van der Waals surface area contributed by atoms with Gasteiger partial charge in [0.05, 0.1) is 7.08 Å². The van der Waals surface area contributed by atoms with Gasteiger partial charge in [0.25, 0.3) is 0 Å². The number of carbonyl (C=O) groups excluding carboxylic acids is 1. The van der Waals surface area contributed by atoms with Crippen LogP contribution in [0.2, 0.25) is 0 Å². The highest BCUT2D eigenvalue weighted by Crippen LogP contribution is 2.66. The van der Waals surface area contributed by atoms with Crippen molar-refractivity contribution in [3.63, 3.8) is 0 Å². The Labute approximate surface area is 170 Å². The number of carbonyl (C=O) groups is 1. The van der Waals surface area contributed by atoms with Gasteiger partial charge in [-0.05, 0) is 87.4 Å². The van der Waals surface area contributed by atoms with E-state index in [1.165, 1.54) is 0 Å². The molecule has 0 spiro atoms. The molecule has 0 aliphatic heterocycles. The third kappa shape index (κ3) is 2.78. The maximum absolute atomic E-state index is 11.3.